The maximum absolute atomic E-state index is 13.1. The fourth-order valence-electron chi connectivity index (χ4n) is 11.3. The predicted molar refractivity (Wildman–Crippen MR) is 391 cm³/mol. The predicted octanol–water partition coefficient (Wildman–Crippen LogP) is 22.6. The highest BCUT2D eigenvalue weighted by Gasteiger charge is 2.30. The summed E-state index contributed by atoms with van der Waals surface area (Å²) in [5.41, 5.74) is 0. The van der Waals surface area contributed by atoms with E-state index in [2.05, 4.69) is 52.0 Å². The maximum Gasteiger partial charge on any atom is 0.472 e. The number of aliphatic hydroxyl groups is 1. The molecule has 0 aromatic rings. The van der Waals surface area contributed by atoms with Crippen LogP contribution in [0, 0.1) is 0 Å². The molecule has 0 spiro atoms. The Morgan fingerprint density at radius 3 is 0.719 bits per heavy atom. The molecular weight excluding hydrogens is 1260 g/mol. The SMILES string of the molecule is CCCCCCCC/C=C\CCCCCCCC(=O)OC[C@H](COP(=O)(O)OC[C@H](O)COP(=O)(O)OC[C@@H](COC(=O)CCCCCCCCCCCCCCC)OC(=O)CCCCCCCCCCCCCCC)OC(=O)CCCCCCC/C=C\CCCCCCCC. The van der Waals surface area contributed by atoms with Gasteiger partial charge in [0.1, 0.15) is 19.3 Å². The number of esters is 4. The first-order valence-electron chi connectivity index (χ1n) is 39.6. The summed E-state index contributed by atoms with van der Waals surface area (Å²) in [5.74, 6) is -2.14. The van der Waals surface area contributed by atoms with E-state index in [1.807, 2.05) is 0 Å². The van der Waals surface area contributed by atoms with Crippen LogP contribution in [0.25, 0.3) is 0 Å². The van der Waals surface area contributed by atoms with Crippen molar-refractivity contribution in [2.45, 2.75) is 406 Å². The topological polar surface area (TPSA) is 237 Å². The van der Waals surface area contributed by atoms with Gasteiger partial charge in [-0.25, -0.2) is 9.13 Å². The number of rotatable bonds is 76. The van der Waals surface area contributed by atoms with Gasteiger partial charge in [-0.15, -0.1) is 0 Å². The molecule has 96 heavy (non-hydrogen) atoms. The molecule has 0 saturated carbocycles. The van der Waals surface area contributed by atoms with Crippen LogP contribution in [0.2, 0.25) is 0 Å². The lowest BCUT2D eigenvalue weighted by atomic mass is 10.0. The summed E-state index contributed by atoms with van der Waals surface area (Å²) >= 11 is 0. The minimum Gasteiger partial charge on any atom is -0.462 e. The van der Waals surface area contributed by atoms with E-state index >= 15 is 0 Å². The van der Waals surface area contributed by atoms with Crippen LogP contribution < -0.4 is 0 Å². The first kappa shape index (κ1) is 93.5. The third-order valence-corrected chi connectivity index (χ3v) is 19.3. The Balaban J connectivity index is 5.30. The Morgan fingerprint density at radius 2 is 0.479 bits per heavy atom. The Hall–Kier alpha value is -2.46. The molecule has 0 fully saturated rings. The van der Waals surface area contributed by atoms with Gasteiger partial charge >= 0.3 is 39.5 Å². The molecule has 3 N–H and O–H groups in total. The molecule has 5 atom stereocenters. The van der Waals surface area contributed by atoms with Crippen LogP contribution in [0.1, 0.15) is 387 Å². The number of carbonyl (C=O) groups is 4. The number of hydrogen-bond donors (Lipinski definition) is 3. The van der Waals surface area contributed by atoms with Gasteiger partial charge in [0, 0.05) is 25.7 Å². The van der Waals surface area contributed by atoms with Crippen molar-refractivity contribution in [2.75, 3.05) is 39.6 Å². The van der Waals surface area contributed by atoms with E-state index in [-0.39, 0.29) is 25.7 Å². The van der Waals surface area contributed by atoms with Gasteiger partial charge in [0.05, 0.1) is 26.4 Å². The number of unbranched alkanes of at least 4 members (excludes halogenated alkanes) is 46. The highest BCUT2D eigenvalue weighted by molar-refractivity contribution is 7.47. The van der Waals surface area contributed by atoms with Crippen LogP contribution in [0.3, 0.4) is 0 Å². The van der Waals surface area contributed by atoms with Crippen LogP contribution in [-0.4, -0.2) is 96.7 Å². The van der Waals surface area contributed by atoms with E-state index in [0.717, 1.165) is 122 Å². The third kappa shape index (κ3) is 70.0. The lowest BCUT2D eigenvalue weighted by Crippen LogP contribution is -2.30. The second-order valence-corrected chi connectivity index (χ2v) is 29.9. The highest BCUT2D eigenvalue weighted by Crippen LogP contribution is 2.45. The average Bonchev–Trinajstić information content (AvgIpc) is 1.36. The summed E-state index contributed by atoms with van der Waals surface area (Å²) in [6, 6.07) is 0. The van der Waals surface area contributed by atoms with Gasteiger partial charge in [0.15, 0.2) is 12.2 Å². The van der Waals surface area contributed by atoms with Crippen LogP contribution in [0.4, 0.5) is 0 Å². The number of phosphoric ester groups is 2. The van der Waals surface area contributed by atoms with Crippen molar-refractivity contribution in [3.8, 4) is 0 Å². The smallest absolute Gasteiger partial charge is 0.462 e. The molecule has 0 heterocycles. The summed E-state index contributed by atoms with van der Waals surface area (Å²) < 4.78 is 68.5. The molecule has 19 heteroatoms. The normalized spacial score (nSPS) is 14.0. The van der Waals surface area contributed by atoms with Crippen molar-refractivity contribution in [3.63, 3.8) is 0 Å². The zero-order valence-corrected chi connectivity index (χ0v) is 63.6. The Bertz CT molecular complexity index is 1920. The Kier molecular flexibility index (Phi) is 69.1. The van der Waals surface area contributed by atoms with E-state index in [9.17, 15) is 43.2 Å². The second-order valence-electron chi connectivity index (χ2n) is 27.0. The number of aliphatic hydroxyl groups excluding tert-OH is 1. The molecule has 17 nitrogen and oxygen atoms in total. The molecule has 566 valence electrons. The van der Waals surface area contributed by atoms with Crippen molar-refractivity contribution < 1.29 is 80.2 Å². The molecule has 0 saturated heterocycles. The molecule has 0 radical (unpaired) electrons. The molecule has 0 aliphatic carbocycles. The van der Waals surface area contributed by atoms with Gasteiger partial charge in [0.25, 0.3) is 0 Å². The lowest BCUT2D eigenvalue weighted by molar-refractivity contribution is -0.161. The average molecular weight is 1410 g/mol. The van der Waals surface area contributed by atoms with Crippen molar-refractivity contribution in [2.24, 2.45) is 0 Å². The first-order chi connectivity index (χ1) is 46.7. The van der Waals surface area contributed by atoms with Crippen LogP contribution in [-0.2, 0) is 65.4 Å². The molecule has 0 bridgehead atoms. The molecule has 2 unspecified atom stereocenters. The first-order valence-corrected chi connectivity index (χ1v) is 42.6. The van der Waals surface area contributed by atoms with Gasteiger partial charge in [0.2, 0.25) is 0 Å². The standard InChI is InChI=1S/C77H146O17P2/c1-5-9-13-17-21-25-29-33-35-39-42-46-50-54-58-62-75(80)88-68-73(94-77(82)64-60-56-52-48-44-40-36-34-30-26-22-18-14-10-6-2)70-92-96(85,86)90-66-71(78)65-89-95(83,84)91-69-72(93-76(81)63-59-55-51-47-43-38-32-28-24-20-16-12-8-4)67-87-74(79)61-57-53-49-45-41-37-31-27-23-19-15-11-7-3/h33-36,71-73,78H,5-32,37-70H2,1-4H3,(H,83,84)(H,85,86)/b35-33-,36-34-/t71-,72-,73-/m1/s1. The van der Waals surface area contributed by atoms with E-state index in [0.29, 0.717) is 25.7 Å². The zero-order chi connectivity index (χ0) is 70.4. The number of allylic oxidation sites excluding steroid dienone is 4. The largest absolute Gasteiger partial charge is 0.472 e. The van der Waals surface area contributed by atoms with E-state index in [4.69, 9.17) is 37.0 Å². The van der Waals surface area contributed by atoms with Gasteiger partial charge in [-0.1, -0.05) is 309 Å². The van der Waals surface area contributed by atoms with E-state index in [1.54, 1.807) is 0 Å². The second kappa shape index (κ2) is 71.0. The molecule has 0 rings (SSSR count). The molecular formula is C77H146O17P2. The van der Waals surface area contributed by atoms with Crippen molar-refractivity contribution in [1.29, 1.82) is 0 Å². The van der Waals surface area contributed by atoms with Gasteiger partial charge in [-0.3, -0.25) is 37.3 Å². The van der Waals surface area contributed by atoms with Crippen LogP contribution >= 0.6 is 15.6 Å². The van der Waals surface area contributed by atoms with Gasteiger partial charge in [-0.05, 0) is 77.0 Å². The van der Waals surface area contributed by atoms with E-state index < -0.39 is 97.5 Å². The van der Waals surface area contributed by atoms with Crippen molar-refractivity contribution >= 4 is 39.5 Å². The fourth-order valence-corrected chi connectivity index (χ4v) is 12.9. The Morgan fingerprint density at radius 1 is 0.281 bits per heavy atom. The monoisotopic (exact) mass is 1410 g/mol. The lowest BCUT2D eigenvalue weighted by Gasteiger charge is -2.21. The van der Waals surface area contributed by atoms with Crippen LogP contribution in [0.5, 0.6) is 0 Å². The van der Waals surface area contributed by atoms with Gasteiger partial charge in [-0.2, -0.15) is 0 Å². The summed E-state index contributed by atoms with van der Waals surface area (Å²) in [7, 11) is -9.92. The van der Waals surface area contributed by atoms with Gasteiger partial charge < -0.3 is 33.8 Å². The molecule has 0 aliphatic heterocycles. The Labute approximate surface area is 586 Å². The number of hydrogen-bond acceptors (Lipinski definition) is 15. The van der Waals surface area contributed by atoms with Crippen molar-refractivity contribution in [1.82, 2.24) is 0 Å². The van der Waals surface area contributed by atoms with Crippen LogP contribution in [0.15, 0.2) is 24.3 Å². The number of ether oxygens (including phenoxy) is 4. The third-order valence-electron chi connectivity index (χ3n) is 17.4. The summed E-state index contributed by atoms with van der Waals surface area (Å²) in [4.78, 5) is 72.9. The molecule has 0 aromatic carbocycles. The zero-order valence-electron chi connectivity index (χ0n) is 61.8. The molecule has 0 aliphatic rings. The minimum absolute atomic E-state index is 0.0911. The number of carbonyl (C=O) groups excluding carboxylic acids is 4. The maximum atomic E-state index is 13.1. The van der Waals surface area contributed by atoms with E-state index in [1.165, 1.54) is 186 Å². The van der Waals surface area contributed by atoms with Crippen molar-refractivity contribution in [3.05, 3.63) is 24.3 Å². The highest BCUT2D eigenvalue weighted by atomic mass is 31.2. The fraction of sp³-hybridized carbons (Fsp3) is 0.896. The quantitative estimate of drug-likeness (QED) is 0.0169. The summed E-state index contributed by atoms with van der Waals surface area (Å²) in [6.45, 7) is 4.94. The minimum atomic E-state index is -4.97. The molecule has 0 amide bonds. The summed E-state index contributed by atoms with van der Waals surface area (Å²) in [5, 5.41) is 10.6. The summed E-state index contributed by atoms with van der Waals surface area (Å²) in [6.07, 6.45) is 64.4. The number of phosphoric acid groups is 2. The molecule has 0 aromatic heterocycles.